The van der Waals surface area contributed by atoms with Gasteiger partial charge >= 0.3 is 6.18 Å². The molecule has 6 nitrogen and oxygen atoms in total. The standard InChI is InChI=1S/C27H28F3N3O3S/c28-27(29,30)20-6-4-5-18(11-20)13-33(14-19-9-10-23-24(12-19)36-17-35-23)15-25-32-22(16-37-25)26(34)31-21-7-2-1-3-8-21/h4-6,9-12,16,21H,1-3,7-8,13-15,17H2,(H,31,34). The number of hydrogen-bond donors (Lipinski definition) is 1. The van der Waals surface area contributed by atoms with Crippen LogP contribution >= 0.6 is 11.3 Å². The first-order valence-corrected chi connectivity index (χ1v) is 13.2. The molecule has 0 unspecified atom stereocenters. The Morgan fingerprint density at radius 2 is 1.76 bits per heavy atom. The van der Waals surface area contributed by atoms with Crippen molar-refractivity contribution in [2.24, 2.45) is 0 Å². The molecule has 0 atom stereocenters. The number of rotatable bonds is 8. The number of carbonyl (C=O) groups excluding carboxylic acids is 1. The predicted molar refractivity (Wildman–Crippen MR) is 133 cm³/mol. The summed E-state index contributed by atoms with van der Waals surface area (Å²) in [6.45, 7) is 1.28. The largest absolute Gasteiger partial charge is 0.454 e. The highest BCUT2D eigenvalue weighted by atomic mass is 32.1. The summed E-state index contributed by atoms with van der Waals surface area (Å²) in [7, 11) is 0. The summed E-state index contributed by atoms with van der Waals surface area (Å²) >= 11 is 1.38. The average Bonchev–Trinajstić information content (AvgIpc) is 3.54. The Labute approximate surface area is 217 Å². The first-order chi connectivity index (χ1) is 17.8. The number of thiazole rings is 1. The van der Waals surface area contributed by atoms with Gasteiger partial charge < -0.3 is 14.8 Å². The van der Waals surface area contributed by atoms with E-state index in [0.29, 0.717) is 35.8 Å². The van der Waals surface area contributed by atoms with Crippen LogP contribution in [-0.4, -0.2) is 28.6 Å². The second-order valence-corrected chi connectivity index (χ2v) is 10.4. The lowest BCUT2D eigenvalue weighted by Crippen LogP contribution is -2.36. The zero-order valence-electron chi connectivity index (χ0n) is 20.2. The summed E-state index contributed by atoms with van der Waals surface area (Å²) in [5.74, 6) is 1.14. The molecule has 2 heterocycles. The van der Waals surface area contributed by atoms with E-state index in [9.17, 15) is 18.0 Å². The third kappa shape index (κ3) is 6.61. The number of ether oxygens (including phenoxy) is 2. The van der Waals surface area contributed by atoms with E-state index < -0.39 is 11.7 Å². The van der Waals surface area contributed by atoms with E-state index in [4.69, 9.17) is 9.47 Å². The molecule has 2 aromatic carbocycles. The summed E-state index contributed by atoms with van der Waals surface area (Å²) in [6.07, 6.45) is 1.02. The van der Waals surface area contributed by atoms with Crippen LogP contribution in [0.15, 0.2) is 47.8 Å². The molecule has 1 N–H and O–H groups in total. The molecule has 196 valence electrons. The van der Waals surface area contributed by atoms with Crippen molar-refractivity contribution in [1.29, 1.82) is 0 Å². The molecule has 1 aliphatic heterocycles. The fourth-order valence-electron chi connectivity index (χ4n) is 4.75. The number of amides is 1. The Morgan fingerprint density at radius 1 is 1.00 bits per heavy atom. The van der Waals surface area contributed by atoms with Crippen molar-refractivity contribution in [1.82, 2.24) is 15.2 Å². The Morgan fingerprint density at radius 3 is 2.54 bits per heavy atom. The van der Waals surface area contributed by atoms with Crippen LogP contribution in [0.4, 0.5) is 13.2 Å². The number of halogens is 3. The third-order valence-electron chi connectivity index (χ3n) is 6.59. The van der Waals surface area contributed by atoms with Gasteiger partial charge in [-0.05, 0) is 42.2 Å². The molecular weight excluding hydrogens is 503 g/mol. The molecule has 0 saturated heterocycles. The normalized spacial score (nSPS) is 15.8. The SMILES string of the molecule is O=C(NC1CCCCC1)c1csc(CN(Cc2cccc(C(F)(F)F)c2)Cc2ccc3c(c2)OCO3)n1. The Balaban J connectivity index is 1.32. The highest BCUT2D eigenvalue weighted by Gasteiger charge is 2.30. The van der Waals surface area contributed by atoms with Gasteiger partial charge in [0.25, 0.3) is 5.91 Å². The number of aromatic nitrogens is 1. The van der Waals surface area contributed by atoms with Crippen molar-refractivity contribution < 1.29 is 27.4 Å². The smallest absolute Gasteiger partial charge is 0.416 e. The van der Waals surface area contributed by atoms with Crippen molar-refractivity contribution in [2.45, 2.75) is 64.0 Å². The van der Waals surface area contributed by atoms with Crippen LogP contribution in [0.5, 0.6) is 11.5 Å². The fourth-order valence-corrected chi connectivity index (χ4v) is 5.57. The highest BCUT2D eigenvalue weighted by Crippen LogP contribution is 2.34. The van der Waals surface area contributed by atoms with Crippen LogP contribution < -0.4 is 14.8 Å². The summed E-state index contributed by atoms with van der Waals surface area (Å²) in [5.41, 5.74) is 1.18. The number of carbonyl (C=O) groups is 1. The Hall–Kier alpha value is -3.11. The van der Waals surface area contributed by atoms with E-state index >= 15 is 0 Å². The maximum atomic E-state index is 13.3. The lowest BCUT2D eigenvalue weighted by atomic mass is 9.95. The summed E-state index contributed by atoms with van der Waals surface area (Å²) in [5, 5.41) is 5.56. The number of nitrogens with zero attached hydrogens (tertiary/aromatic N) is 2. The molecule has 1 fully saturated rings. The van der Waals surface area contributed by atoms with Crippen molar-refractivity contribution in [3.8, 4) is 11.5 Å². The predicted octanol–water partition coefficient (Wildman–Crippen LogP) is 6.16. The minimum Gasteiger partial charge on any atom is -0.454 e. The van der Waals surface area contributed by atoms with Crippen LogP contribution in [0.1, 0.15) is 64.3 Å². The van der Waals surface area contributed by atoms with Crippen LogP contribution in [0.2, 0.25) is 0 Å². The number of hydrogen-bond acceptors (Lipinski definition) is 6. The van der Waals surface area contributed by atoms with Crippen molar-refractivity contribution >= 4 is 17.2 Å². The topological polar surface area (TPSA) is 63.7 Å². The maximum Gasteiger partial charge on any atom is 0.416 e. The molecule has 5 rings (SSSR count). The van der Waals surface area contributed by atoms with Gasteiger partial charge in [-0.2, -0.15) is 13.2 Å². The lowest BCUT2D eigenvalue weighted by molar-refractivity contribution is -0.137. The zero-order chi connectivity index (χ0) is 25.8. The van der Waals surface area contributed by atoms with Gasteiger partial charge in [-0.1, -0.05) is 43.5 Å². The second kappa shape index (κ2) is 11.1. The van der Waals surface area contributed by atoms with Crippen LogP contribution in [-0.2, 0) is 25.8 Å². The molecule has 1 aliphatic carbocycles. The first-order valence-electron chi connectivity index (χ1n) is 12.4. The van der Waals surface area contributed by atoms with Crippen LogP contribution in [0.3, 0.4) is 0 Å². The van der Waals surface area contributed by atoms with Crippen molar-refractivity contribution in [3.63, 3.8) is 0 Å². The molecule has 3 aromatic rings. The van der Waals surface area contributed by atoms with Crippen LogP contribution in [0, 0.1) is 0 Å². The summed E-state index contributed by atoms with van der Waals surface area (Å²) < 4.78 is 50.7. The molecule has 0 bridgehead atoms. The number of fused-ring (bicyclic) bond motifs is 1. The summed E-state index contributed by atoms with van der Waals surface area (Å²) in [4.78, 5) is 19.3. The van der Waals surface area contributed by atoms with Gasteiger partial charge in [0, 0.05) is 24.5 Å². The van der Waals surface area contributed by atoms with Gasteiger partial charge in [0.1, 0.15) is 10.7 Å². The van der Waals surface area contributed by atoms with Gasteiger partial charge in [-0.15, -0.1) is 11.3 Å². The summed E-state index contributed by atoms with van der Waals surface area (Å²) in [6, 6.07) is 11.2. The van der Waals surface area contributed by atoms with E-state index in [1.807, 2.05) is 23.1 Å². The fraction of sp³-hybridized carbons (Fsp3) is 0.407. The quantitative estimate of drug-likeness (QED) is 0.378. The van der Waals surface area contributed by atoms with Gasteiger partial charge in [0.05, 0.1) is 12.1 Å². The zero-order valence-corrected chi connectivity index (χ0v) is 21.0. The van der Waals surface area contributed by atoms with Gasteiger partial charge in [0.2, 0.25) is 6.79 Å². The maximum absolute atomic E-state index is 13.3. The van der Waals surface area contributed by atoms with Gasteiger partial charge in [-0.3, -0.25) is 9.69 Å². The average molecular weight is 532 g/mol. The molecule has 37 heavy (non-hydrogen) atoms. The van der Waals surface area contributed by atoms with E-state index in [1.165, 1.54) is 29.9 Å². The van der Waals surface area contributed by atoms with E-state index in [0.717, 1.165) is 42.3 Å². The molecule has 0 radical (unpaired) electrons. The van der Waals surface area contributed by atoms with Crippen LogP contribution in [0.25, 0.3) is 0 Å². The minimum atomic E-state index is -4.41. The highest BCUT2D eigenvalue weighted by molar-refractivity contribution is 7.09. The second-order valence-electron chi connectivity index (χ2n) is 9.47. The van der Waals surface area contributed by atoms with E-state index in [-0.39, 0.29) is 25.3 Å². The van der Waals surface area contributed by atoms with E-state index in [2.05, 4.69) is 10.3 Å². The monoisotopic (exact) mass is 531 g/mol. The van der Waals surface area contributed by atoms with Gasteiger partial charge in [0.15, 0.2) is 11.5 Å². The molecule has 10 heteroatoms. The number of nitrogens with one attached hydrogen (secondary N) is 1. The van der Waals surface area contributed by atoms with Crippen molar-refractivity contribution in [2.75, 3.05) is 6.79 Å². The Kier molecular flexibility index (Phi) is 7.66. The molecule has 1 aromatic heterocycles. The minimum absolute atomic E-state index is 0.164. The van der Waals surface area contributed by atoms with Crippen molar-refractivity contribution in [3.05, 3.63) is 75.2 Å². The van der Waals surface area contributed by atoms with E-state index in [1.54, 1.807) is 11.4 Å². The number of benzene rings is 2. The molecule has 1 saturated carbocycles. The molecular formula is C27H28F3N3O3S. The Bertz CT molecular complexity index is 1240. The molecule has 0 spiro atoms. The first kappa shape index (κ1) is 25.5. The van der Waals surface area contributed by atoms with Gasteiger partial charge in [-0.25, -0.2) is 4.98 Å². The molecule has 2 aliphatic rings. The number of alkyl halides is 3. The lowest BCUT2D eigenvalue weighted by Gasteiger charge is -2.22. The third-order valence-corrected chi connectivity index (χ3v) is 7.42. The molecule has 1 amide bonds.